The second-order valence-electron chi connectivity index (χ2n) is 5.22. The monoisotopic (exact) mass is 293 g/mol. The van der Waals surface area contributed by atoms with Gasteiger partial charge in [-0.1, -0.05) is 31.2 Å². The number of benzene rings is 1. The van der Waals surface area contributed by atoms with E-state index in [4.69, 9.17) is 10.5 Å². The zero-order valence-corrected chi connectivity index (χ0v) is 13.3. The molecule has 0 aromatic heterocycles. The van der Waals surface area contributed by atoms with Crippen LogP contribution in [-0.4, -0.2) is 44.2 Å². The van der Waals surface area contributed by atoms with Crippen molar-refractivity contribution in [2.24, 2.45) is 5.73 Å². The summed E-state index contributed by atoms with van der Waals surface area (Å²) >= 11 is 0. The molecular formula is C16H27N3O2. The van der Waals surface area contributed by atoms with E-state index in [-0.39, 0.29) is 12.0 Å². The van der Waals surface area contributed by atoms with Crippen LogP contribution >= 0.6 is 0 Å². The summed E-state index contributed by atoms with van der Waals surface area (Å²) in [5.41, 5.74) is 7.86. The first-order valence-electron chi connectivity index (χ1n) is 7.35. The second-order valence-corrected chi connectivity index (χ2v) is 5.22. The van der Waals surface area contributed by atoms with Crippen LogP contribution < -0.4 is 11.1 Å². The van der Waals surface area contributed by atoms with Gasteiger partial charge in [-0.2, -0.15) is 0 Å². The highest BCUT2D eigenvalue weighted by Gasteiger charge is 2.11. The molecule has 0 radical (unpaired) electrons. The summed E-state index contributed by atoms with van der Waals surface area (Å²) in [5, 5.41) is 2.90. The minimum absolute atomic E-state index is 0.0385. The van der Waals surface area contributed by atoms with Crippen molar-refractivity contribution >= 4 is 5.91 Å². The van der Waals surface area contributed by atoms with E-state index in [1.807, 2.05) is 12.1 Å². The SMILES string of the molecule is CCN(C)Cc1cccc(CNC(=O)CC(CN)OC)c1. The van der Waals surface area contributed by atoms with Gasteiger partial charge in [-0.3, -0.25) is 4.79 Å². The van der Waals surface area contributed by atoms with Crippen LogP contribution in [0.1, 0.15) is 24.5 Å². The molecule has 0 aliphatic heterocycles. The molecular weight excluding hydrogens is 266 g/mol. The molecule has 0 aliphatic carbocycles. The zero-order chi connectivity index (χ0) is 15.7. The summed E-state index contributed by atoms with van der Waals surface area (Å²) in [4.78, 5) is 14.0. The van der Waals surface area contributed by atoms with E-state index in [2.05, 4.69) is 36.3 Å². The highest BCUT2D eigenvalue weighted by molar-refractivity contribution is 5.76. The number of nitrogens with one attached hydrogen (secondary N) is 1. The summed E-state index contributed by atoms with van der Waals surface area (Å²) in [7, 11) is 3.66. The molecule has 1 rings (SSSR count). The lowest BCUT2D eigenvalue weighted by molar-refractivity contribution is -0.123. The molecule has 1 amide bonds. The number of rotatable bonds is 9. The van der Waals surface area contributed by atoms with E-state index < -0.39 is 0 Å². The zero-order valence-electron chi connectivity index (χ0n) is 13.3. The van der Waals surface area contributed by atoms with Crippen molar-refractivity contribution in [1.82, 2.24) is 10.2 Å². The fourth-order valence-electron chi connectivity index (χ4n) is 2.00. The third-order valence-electron chi connectivity index (χ3n) is 3.48. The maximum absolute atomic E-state index is 11.8. The molecule has 21 heavy (non-hydrogen) atoms. The van der Waals surface area contributed by atoms with E-state index in [9.17, 15) is 4.79 Å². The van der Waals surface area contributed by atoms with Gasteiger partial charge in [0, 0.05) is 26.7 Å². The van der Waals surface area contributed by atoms with Crippen LogP contribution in [0.15, 0.2) is 24.3 Å². The van der Waals surface area contributed by atoms with E-state index >= 15 is 0 Å². The van der Waals surface area contributed by atoms with Crippen LogP contribution in [0.3, 0.4) is 0 Å². The van der Waals surface area contributed by atoms with Crippen molar-refractivity contribution in [3.8, 4) is 0 Å². The Morgan fingerprint density at radius 3 is 2.76 bits per heavy atom. The Morgan fingerprint density at radius 2 is 2.14 bits per heavy atom. The standard InChI is InChI=1S/C16H27N3O2/c1-4-19(2)12-14-7-5-6-13(8-14)11-18-16(20)9-15(10-17)21-3/h5-8,15H,4,9-12,17H2,1-3H3,(H,18,20). The molecule has 3 N–H and O–H groups in total. The normalized spacial score (nSPS) is 12.4. The van der Waals surface area contributed by atoms with Crippen LogP contribution in [0.25, 0.3) is 0 Å². The molecule has 1 atom stereocenters. The molecule has 118 valence electrons. The first-order chi connectivity index (χ1) is 10.1. The lowest BCUT2D eigenvalue weighted by Gasteiger charge is -2.15. The van der Waals surface area contributed by atoms with Crippen LogP contribution in [0.5, 0.6) is 0 Å². The molecule has 0 aliphatic rings. The van der Waals surface area contributed by atoms with Gasteiger partial charge in [-0.05, 0) is 24.7 Å². The van der Waals surface area contributed by atoms with Crippen LogP contribution in [-0.2, 0) is 22.6 Å². The number of hydrogen-bond donors (Lipinski definition) is 2. The molecule has 0 fully saturated rings. The number of carbonyl (C=O) groups excluding carboxylic acids is 1. The summed E-state index contributed by atoms with van der Waals surface area (Å²) in [6.07, 6.45) is 0.0835. The van der Waals surface area contributed by atoms with Crippen molar-refractivity contribution in [2.75, 3.05) is 27.2 Å². The Labute approximate surface area is 127 Å². The number of ether oxygens (including phenoxy) is 1. The molecule has 0 spiro atoms. The molecule has 0 saturated carbocycles. The number of amides is 1. The van der Waals surface area contributed by atoms with Crippen molar-refractivity contribution in [3.05, 3.63) is 35.4 Å². The highest BCUT2D eigenvalue weighted by Crippen LogP contribution is 2.08. The maximum Gasteiger partial charge on any atom is 0.222 e. The smallest absolute Gasteiger partial charge is 0.222 e. The first kappa shape index (κ1) is 17.6. The van der Waals surface area contributed by atoms with Gasteiger partial charge in [-0.15, -0.1) is 0 Å². The van der Waals surface area contributed by atoms with E-state index in [1.165, 1.54) is 5.56 Å². The molecule has 0 saturated heterocycles. The van der Waals surface area contributed by atoms with Gasteiger partial charge in [-0.25, -0.2) is 0 Å². The molecule has 0 heterocycles. The Hall–Kier alpha value is -1.43. The van der Waals surface area contributed by atoms with Crippen LogP contribution in [0.4, 0.5) is 0 Å². The molecule has 1 aromatic carbocycles. The first-order valence-corrected chi connectivity index (χ1v) is 7.35. The largest absolute Gasteiger partial charge is 0.380 e. The average Bonchev–Trinajstić information content (AvgIpc) is 2.50. The third-order valence-corrected chi connectivity index (χ3v) is 3.48. The molecule has 0 bridgehead atoms. The van der Waals surface area contributed by atoms with Gasteiger partial charge in [0.2, 0.25) is 5.91 Å². The van der Waals surface area contributed by atoms with Gasteiger partial charge in [0.05, 0.1) is 12.5 Å². The van der Waals surface area contributed by atoms with Gasteiger partial charge < -0.3 is 20.7 Å². The number of carbonyl (C=O) groups is 1. The molecule has 5 heteroatoms. The summed E-state index contributed by atoms with van der Waals surface area (Å²) in [5.74, 6) is -0.0385. The minimum Gasteiger partial charge on any atom is -0.380 e. The fraction of sp³-hybridized carbons (Fsp3) is 0.562. The average molecular weight is 293 g/mol. The quantitative estimate of drug-likeness (QED) is 0.716. The molecule has 1 unspecified atom stereocenters. The Bertz CT molecular complexity index is 433. The number of nitrogens with zero attached hydrogens (tertiary/aromatic N) is 1. The van der Waals surface area contributed by atoms with Crippen LogP contribution in [0, 0.1) is 0 Å². The van der Waals surface area contributed by atoms with Crippen molar-refractivity contribution in [1.29, 1.82) is 0 Å². The third kappa shape index (κ3) is 6.71. The van der Waals surface area contributed by atoms with Crippen molar-refractivity contribution in [2.45, 2.75) is 32.5 Å². The molecule has 1 aromatic rings. The Kier molecular flexibility index (Phi) is 7.97. The van der Waals surface area contributed by atoms with Crippen molar-refractivity contribution in [3.63, 3.8) is 0 Å². The Balaban J connectivity index is 2.48. The lowest BCUT2D eigenvalue weighted by Crippen LogP contribution is -2.31. The van der Waals surface area contributed by atoms with E-state index in [0.29, 0.717) is 19.5 Å². The maximum atomic E-state index is 11.8. The topological polar surface area (TPSA) is 67.6 Å². The number of nitrogens with two attached hydrogens (primary N) is 1. The predicted octanol–water partition coefficient (Wildman–Crippen LogP) is 1.12. The van der Waals surface area contributed by atoms with Gasteiger partial charge in [0.1, 0.15) is 0 Å². The highest BCUT2D eigenvalue weighted by atomic mass is 16.5. The summed E-state index contributed by atoms with van der Waals surface area (Å²) < 4.78 is 5.11. The number of methoxy groups -OCH3 is 1. The van der Waals surface area contributed by atoms with Gasteiger partial charge in [0.25, 0.3) is 0 Å². The molecule has 5 nitrogen and oxygen atoms in total. The van der Waals surface area contributed by atoms with Crippen LogP contribution in [0.2, 0.25) is 0 Å². The second kappa shape index (κ2) is 9.50. The lowest BCUT2D eigenvalue weighted by atomic mass is 10.1. The van der Waals surface area contributed by atoms with Gasteiger partial charge in [0.15, 0.2) is 0 Å². The van der Waals surface area contributed by atoms with Gasteiger partial charge >= 0.3 is 0 Å². The Morgan fingerprint density at radius 1 is 1.43 bits per heavy atom. The van der Waals surface area contributed by atoms with Crippen molar-refractivity contribution < 1.29 is 9.53 Å². The predicted molar refractivity (Wildman–Crippen MR) is 84.8 cm³/mol. The summed E-state index contributed by atoms with van der Waals surface area (Å²) in [6.45, 7) is 4.94. The fourth-order valence-corrected chi connectivity index (χ4v) is 2.00. The van der Waals surface area contributed by atoms with E-state index in [1.54, 1.807) is 7.11 Å². The minimum atomic E-state index is -0.213. The van der Waals surface area contributed by atoms with E-state index in [0.717, 1.165) is 18.7 Å². The number of hydrogen-bond acceptors (Lipinski definition) is 4. The summed E-state index contributed by atoms with van der Waals surface area (Å²) in [6, 6.07) is 8.28.